The van der Waals surface area contributed by atoms with Crippen molar-refractivity contribution in [2.24, 2.45) is 5.92 Å². The second-order valence-corrected chi connectivity index (χ2v) is 3.78. The average Bonchev–Trinajstić information content (AvgIpc) is 1.96. The Bertz CT molecular complexity index is 118. The minimum atomic E-state index is 0.0809. The largest absolute Gasteiger partial charge is 0.291 e. The maximum atomic E-state index is 11.1. The van der Waals surface area contributed by atoms with Gasteiger partial charge in [0.2, 0.25) is 5.91 Å². The normalized spacial score (nSPS) is 10.8. The summed E-state index contributed by atoms with van der Waals surface area (Å²) in [5.74, 6) is 0.673. The highest BCUT2D eigenvalue weighted by Gasteiger charge is 2.02. The summed E-state index contributed by atoms with van der Waals surface area (Å²) in [6.45, 7) is 8.21. The predicted molar refractivity (Wildman–Crippen MR) is 50.5 cm³/mol. The minimum Gasteiger partial charge on any atom is -0.291 e. The molecule has 0 saturated heterocycles. The Labute approximate surface area is 74.9 Å². The number of hydrogen-bond donors (Lipinski definition) is 2. The number of rotatable bonds is 5. The Morgan fingerprint density at radius 2 is 1.83 bits per heavy atom. The first-order valence-corrected chi connectivity index (χ1v) is 4.56. The summed E-state index contributed by atoms with van der Waals surface area (Å²) in [5.41, 5.74) is 5.52. The third kappa shape index (κ3) is 7.54. The molecule has 0 aliphatic rings. The van der Waals surface area contributed by atoms with Crippen molar-refractivity contribution in [3.63, 3.8) is 0 Å². The number of hydrazine groups is 1. The number of nitrogens with one attached hydrogen (secondary N) is 2. The SMILES string of the molecule is CC(C)CCC(=O)NNC(C)C. The molecule has 2 N–H and O–H groups in total. The van der Waals surface area contributed by atoms with Gasteiger partial charge in [-0.15, -0.1) is 0 Å². The van der Waals surface area contributed by atoms with Crippen LogP contribution >= 0.6 is 0 Å². The topological polar surface area (TPSA) is 41.1 Å². The lowest BCUT2D eigenvalue weighted by atomic mass is 10.1. The maximum Gasteiger partial charge on any atom is 0.234 e. The maximum absolute atomic E-state index is 11.1. The molecule has 0 aromatic carbocycles. The summed E-state index contributed by atoms with van der Waals surface area (Å²) in [5, 5.41) is 0. The lowest BCUT2D eigenvalue weighted by Crippen LogP contribution is -2.41. The first-order chi connectivity index (χ1) is 5.52. The third-order valence-corrected chi connectivity index (χ3v) is 1.45. The smallest absolute Gasteiger partial charge is 0.234 e. The zero-order valence-electron chi connectivity index (χ0n) is 8.48. The van der Waals surface area contributed by atoms with Crippen molar-refractivity contribution in [2.45, 2.75) is 46.6 Å². The van der Waals surface area contributed by atoms with E-state index >= 15 is 0 Å². The molecule has 0 bridgehead atoms. The molecule has 72 valence electrons. The fourth-order valence-corrected chi connectivity index (χ4v) is 0.707. The van der Waals surface area contributed by atoms with Crippen molar-refractivity contribution in [3.8, 4) is 0 Å². The van der Waals surface area contributed by atoms with Gasteiger partial charge in [-0.1, -0.05) is 13.8 Å². The van der Waals surface area contributed by atoms with E-state index in [1.54, 1.807) is 0 Å². The van der Waals surface area contributed by atoms with E-state index in [4.69, 9.17) is 0 Å². The van der Waals surface area contributed by atoms with Gasteiger partial charge >= 0.3 is 0 Å². The second kappa shape index (κ2) is 6.00. The Kier molecular flexibility index (Phi) is 5.72. The van der Waals surface area contributed by atoms with E-state index in [2.05, 4.69) is 24.7 Å². The van der Waals surface area contributed by atoms with Crippen LogP contribution in [0.15, 0.2) is 0 Å². The van der Waals surface area contributed by atoms with Crippen LogP contribution in [0.4, 0.5) is 0 Å². The van der Waals surface area contributed by atoms with Gasteiger partial charge in [0.25, 0.3) is 0 Å². The van der Waals surface area contributed by atoms with Gasteiger partial charge in [0.15, 0.2) is 0 Å². The van der Waals surface area contributed by atoms with Gasteiger partial charge in [-0.3, -0.25) is 10.2 Å². The van der Waals surface area contributed by atoms with Crippen molar-refractivity contribution < 1.29 is 4.79 Å². The molecule has 0 rings (SSSR count). The van der Waals surface area contributed by atoms with Crippen molar-refractivity contribution in [1.29, 1.82) is 0 Å². The van der Waals surface area contributed by atoms with Gasteiger partial charge in [-0.2, -0.15) is 0 Å². The molecule has 0 aromatic heterocycles. The van der Waals surface area contributed by atoms with Crippen LogP contribution in [-0.2, 0) is 4.79 Å². The molecule has 0 saturated carbocycles. The van der Waals surface area contributed by atoms with E-state index in [-0.39, 0.29) is 5.91 Å². The van der Waals surface area contributed by atoms with Gasteiger partial charge in [0.1, 0.15) is 0 Å². The summed E-state index contributed by atoms with van der Waals surface area (Å²) in [6.07, 6.45) is 1.56. The van der Waals surface area contributed by atoms with Crippen molar-refractivity contribution in [1.82, 2.24) is 10.9 Å². The molecule has 12 heavy (non-hydrogen) atoms. The lowest BCUT2D eigenvalue weighted by molar-refractivity contribution is -0.122. The Morgan fingerprint density at radius 3 is 2.25 bits per heavy atom. The summed E-state index contributed by atoms with van der Waals surface area (Å²) in [7, 11) is 0. The predicted octanol–water partition coefficient (Wildman–Crippen LogP) is 1.45. The number of carbonyl (C=O) groups excluding carboxylic acids is 1. The first-order valence-electron chi connectivity index (χ1n) is 4.56. The van der Waals surface area contributed by atoms with Crippen LogP contribution < -0.4 is 10.9 Å². The fraction of sp³-hybridized carbons (Fsp3) is 0.889. The van der Waals surface area contributed by atoms with Crippen molar-refractivity contribution in [3.05, 3.63) is 0 Å². The molecular weight excluding hydrogens is 152 g/mol. The highest BCUT2D eigenvalue weighted by Crippen LogP contribution is 2.02. The Morgan fingerprint density at radius 1 is 1.25 bits per heavy atom. The number of amides is 1. The second-order valence-electron chi connectivity index (χ2n) is 3.78. The van der Waals surface area contributed by atoms with E-state index in [0.717, 1.165) is 6.42 Å². The highest BCUT2D eigenvalue weighted by molar-refractivity contribution is 5.75. The fourth-order valence-electron chi connectivity index (χ4n) is 0.707. The molecular formula is C9H20N2O. The zero-order valence-corrected chi connectivity index (χ0v) is 8.48. The van der Waals surface area contributed by atoms with Crippen LogP contribution in [0.25, 0.3) is 0 Å². The van der Waals surface area contributed by atoms with E-state index in [9.17, 15) is 4.79 Å². The van der Waals surface area contributed by atoms with Crippen LogP contribution in [0, 0.1) is 5.92 Å². The van der Waals surface area contributed by atoms with E-state index in [0.29, 0.717) is 18.4 Å². The molecule has 3 heteroatoms. The summed E-state index contributed by atoms with van der Waals surface area (Å²) in [6, 6.07) is 0.299. The molecule has 0 aromatic rings. The van der Waals surface area contributed by atoms with Crippen molar-refractivity contribution >= 4 is 5.91 Å². The zero-order chi connectivity index (χ0) is 9.56. The first kappa shape index (κ1) is 11.4. The molecule has 0 atom stereocenters. The minimum absolute atomic E-state index is 0.0809. The summed E-state index contributed by atoms with van der Waals surface area (Å²) < 4.78 is 0. The van der Waals surface area contributed by atoms with Gasteiger partial charge < -0.3 is 0 Å². The van der Waals surface area contributed by atoms with Crippen LogP contribution in [0.5, 0.6) is 0 Å². The van der Waals surface area contributed by atoms with Crippen LogP contribution in [0.1, 0.15) is 40.5 Å². The van der Waals surface area contributed by atoms with Gasteiger partial charge in [0, 0.05) is 12.5 Å². The molecule has 0 radical (unpaired) electrons. The molecule has 0 unspecified atom stereocenters. The van der Waals surface area contributed by atoms with Gasteiger partial charge in [-0.25, -0.2) is 5.43 Å². The quantitative estimate of drug-likeness (QED) is 0.616. The summed E-state index contributed by atoms with van der Waals surface area (Å²) >= 11 is 0. The molecule has 0 heterocycles. The van der Waals surface area contributed by atoms with Crippen LogP contribution in [0.3, 0.4) is 0 Å². The molecule has 1 amide bonds. The van der Waals surface area contributed by atoms with E-state index in [1.165, 1.54) is 0 Å². The molecule has 0 aliphatic heterocycles. The average molecular weight is 172 g/mol. The molecule has 3 nitrogen and oxygen atoms in total. The Hall–Kier alpha value is -0.570. The van der Waals surface area contributed by atoms with E-state index in [1.807, 2.05) is 13.8 Å². The monoisotopic (exact) mass is 172 g/mol. The van der Waals surface area contributed by atoms with Crippen LogP contribution in [-0.4, -0.2) is 11.9 Å². The highest BCUT2D eigenvalue weighted by atomic mass is 16.2. The standard InChI is InChI=1S/C9H20N2O/c1-7(2)5-6-9(12)11-10-8(3)4/h7-8,10H,5-6H2,1-4H3,(H,11,12). The number of carbonyl (C=O) groups is 1. The third-order valence-electron chi connectivity index (χ3n) is 1.45. The van der Waals surface area contributed by atoms with E-state index < -0.39 is 0 Å². The number of hydrogen-bond acceptors (Lipinski definition) is 2. The van der Waals surface area contributed by atoms with Gasteiger partial charge in [0.05, 0.1) is 0 Å². The van der Waals surface area contributed by atoms with Crippen molar-refractivity contribution in [2.75, 3.05) is 0 Å². The Balaban J connectivity index is 3.34. The molecule has 0 fully saturated rings. The van der Waals surface area contributed by atoms with Gasteiger partial charge in [-0.05, 0) is 26.2 Å². The molecule has 0 spiro atoms. The van der Waals surface area contributed by atoms with Crippen LogP contribution in [0.2, 0.25) is 0 Å². The summed E-state index contributed by atoms with van der Waals surface area (Å²) in [4.78, 5) is 11.1. The molecule has 0 aliphatic carbocycles. The lowest BCUT2D eigenvalue weighted by Gasteiger charge is -2.10.